The zero-order valence-electron chi connectivity index (χ0n) is 20.9. The Labute approximate surface area is 222 Å². The van der Waals surface area contributed by atoms with Crippen LogP contribution in [-0.2, 0) is 0 Å². The molecule has 3 heterocycles. The number of aromatic nitrogens is 3. The van der Waals surface area contributed by atoms with Gasteiger partial charge in [0.1, 0.15) is 5.52 Å². The van der Waals surface area contributed by atoms with Gasteiger partial charge in [-0.2, -0.15) is 0 Å². The molecule has 4 nitrogen and oxygen atoms in total. The smallest absolute Gasteiger partial charge is 0.181 e. The fraction of sp³-hybridized carbons (Fsp3) is 0. The van der Waals surface area contributed by atoms with Crippen molar-refractivity contribution in [2.24, 2.45) is 0 Å². The summed E-state index contributed by atoms with van der Waals surface area (Å²) < 4.78 is 10.5. The second kappa shape index (κ2) is 7.59. The number of rotatable bonds is 2. The minimum Gasteiger partial charge on any atom is -0.443 e. The zero-order chi connectivity index (χ0) is 25.5. The van der Waals surface area contributed by atoms with Crippen LogP contribution >= 0.6 is 0 Å². The third-order valence-electron chi connectivity index (χ3n) is 8.04. The lowest BCUT2D eigenvalue weighted by Gasteiger charge is -2.12. The molecule has 0 unspecified atom stereocenters. The molecule has 0 aliphatic heterocycles. The Hall–Kier alpha value is -5.35. The minimum absolute atomic E-state index is 0.778. The number of fused-ring (bicyclic) bond motifs is 10. The number of oxazole rings is 1. The third-order valence-corrected chi connectivity index (χ3v) is 8.04. The Kier molecular flexibility index (Phi) is 4.02. The highest BCUT2D eigenvalue weighted by Gasteiger charge is 2.22. The van der Waals surface area contributed by atoms with Crippen molar-refractivity contribution < 1.29 is 4.42 Å². The van der Waals surface area contributed by atoms with Crippen molar-refractivity contribution in [3.05, 3.63) is 128 Å². The first-order chi connectivity index (χ1) is 19.4. The van der Waals surface area contributed by atoms with Crippen molar-refractivity contribution in [2.45, 2.75) is 0 Å². The Morgan fingerprint density at radius 1 is 0.513 bits per heavy atom. The number of hydrogen-bond donors (Lipinski definition) is 0. The largest absolute Gasteiger partial charge is 0.443 e. The van der Waals surface area contributed by atoms with Crippen molar-refractivity contribution in [2.75, 3.05) is 0 Å². The Morgan fingerprint density at radius 2 is 1.26 bits per heavy atom. The molecule has 0 saturated heterocycles. The first kappa shape index (κ1) is 20.7. The molecule has 6 aromatic carbocycles. The van der Waals surface area contributed by atoms with Crippen LogP contribution in [0.25, 0.3) is 76.9 Å². The molecule has 4 heteroatoms. The van der Waals surface area contributed by atoms with Gasteiger partial charge in [0.25, 0.3) is 0 Å². The van der Waals surface area contributed by atoms with Crippen LogP contribution in [0.3, 0.4) is 0 Å². The minimum atomic E-state index is 0.778. The topological polar surface area (TPSA) is 35.9 Å². The van der Waals surface area contributed by atoms with E-state index in [1.54, 1.807) is 0 Å². The molecule has 0 spiro atoms. The maximum atomic E-state index is 5.73. The van der Waals surface area contributed by atoms with Crippen LogP contribution in [0.2, 0.25) is 0 Å². The second-order valence-electron chi connectivity index (χ2n) is 10.1. The third kappa shape index (κ3) is 2.75. The predicted octanol–water partition coefficient (Wildman–Crippen LogP) is 9.18. The normalized spacial score (nSPS) is 12.1. The summed E-state index contributed by atoms with van der Waals surface area (Å²) in [5, 5.41) is 7.47. The van der Waals surface area contributed by atoms with Crippen molar-refractivity contribution >= 4 is 65.5 Å². The van der Waals surface area contributed by atoms with Gasteiger partial charge in [-0.15, -0.1) is 0 Å². The van der Waals surface area contributed by atoms with E-state index in [2.05, 4.69) is 129 Å². The average molecular weight is 500 g/mol. The van der Waals surface area contributed by atoms with Gasteiger partial charge in [-0.25, -0.2) is 4.98 Å². The van der Waals surface area contributed by atoms with Crippen LogP contribution < -0.4 is 0 Å². The van der Waals surface area contributed by atoms with Crippen LogP contribution in [0.5, 0.6) is 0 Å². The highest BCUT2D eigenvalue weighted by molar-refractivity contribution is 6.28. The van der Waals surface area contributed by atoms with Gasteiger partial charge < -0.3 is 13.6 Å². The molecule has 0 bridgehead atoms. The monoisotopic (exact) mass is 499 g/mol. The Bertz CT molecular complexity index is 2390. The summed E-state index contributed by atoms with van der Waals surface area (Å²) in [6.07, 6.45) is 1.51. The van der Waals surface area contributed by atoms with E-state index >= 15 is 0 Å². The second-order valence-corrected chi connectivity index (χ2v) is 10.1. The molecule has 0 saturated carbocycles. The molecule has 0 amide bonds. The molecule has 3 aromatic heterocycles. The molecule has 0 aliphatic carbocycles. The van der Waals surface area contributed by atoms with Gasteiger partial charge in [0.15, 0.2) is 12.0 Å². The van der Waals surface area contributed by atoms with Crippen LogP contribution in [-0.4, -0.2) is 14.1 Å². The van der Waals surface area contributed by atoms with Gasteiger partial charge in [-0.1, -0.05) is 78.9 Å². The van der Waals surface area contributed by atoms with Gasteiger partial charge >= 0.3 is 0 Å². The SMILES string of the molecule is c1ccc(-n2c3ccc4ccccc4c3c3ccc4c5ccccc5n(-c5ccc6ncoc6c5)c4c32)cc1. The summed E-state index contributed by atoms with van der Waals surface area (Å²) in [4.78, 5) is 4.35. The number of benzene rings is 6. The molecule has 9 aromatic rings. The van der Waals surface area contributed by atoms with E-state index in [-0.39, 0.29) is 0 Å². The summed E-state index contributed by atoms with van der Waals surface area (Å²) in [6, 6.07) is 43.4. The lowest BCUT2D eigenvalue weighted by molar-refractivity contribution is 0.602. The molecular weight excluding hydrogens is 478 g/mol. The van der Waals surface area contributed by atoms with Crippen molar-refractivity contribution in [1.29, 1.82) is 0 Å². The first-order valence-electron chi connectivity index (χ1n) is 13.1. The summed E-state index contributed by atoms with van der Waals surface area (Å²) in [5.74, 6) is 0. The van der Waals surface area contributed by atoms with Gasteiger partial charge in [-0.3, -0.25) is 0 Å². The maximum Gasteiger partial charge on any atom is 0.181 e. The molecule has 0 fully saturated rings. The lowest BCUT2D eigenvalue weighted by Crippen LogP contribution is -1.98. The molecule has 39 heavy (non-hydrogen) atoms. The Morgan fingerprint density at radius 3 is 2.18 bits per heavy atom. The number of nitrogens with zero attached hydrogens (tertiary/aromatic N) is 3. The van der Waals surface area contributed by atoms with Crippen molar-refractivity contribution in [1.82, 2.24) is 14.1 Å². The molecular formula is C35H21N3O. The fourth-order valence-electron chi connectivity index (χ4n) is 6.41. The Balaban J connectivity index is 1.58. The number of hydrogen-bond acceptors (Lipinski definition) is 2. The van der Waals surface area contributed by atoms with Gasteiger partial charge in [0.2, 0.25) is 0 Å². The van der Waals surface area contributed by atoms with E-state index in [4.69, 9.17) is 4.42 Å². The van der Waals surface area contributed by atoms with E-state index in [1.807, 2.05) is 6.07 Å². The summed E-state index contributed by atoms with van der Waals surface area (Å²) in [5.41, 5.74) is 8.55. The predicted molar refractivity (Wildman–Crippen MR) is 160 cm³/mol. The number of para-hydroxylation sites is 2. The lowest BCUT2D eigenvalue weighted by atomic mass is 10.0. The van der Waals surface area contributed by atoms with Gasteiger partial charge in [0.05, 0.1) is 27.8 Å². The van der Waals surface area contributed by atoms with Crippen LogP contribution in [0, 0.1) is 0 Å². The van der Waals surface area contributed by atoms with Crippen LogP contribution in [0.4, 0.5) is 0 Å². The fourth-order valence-corrected chi connectivity index (χ4v) is 6.41. The first-order valence-corrected chi connectivity index (χ1v) is 13.1. The molecule has 9 rings (SSSR count). The maximum absolute atomic E-state index is 5.73. The summed E-state index contributed by atoms with van der Waals surface area (Å²) in [6.45, 7) is 0. The summed E-state index contributed by atoms with van der Waals surface area (Å²) in [7, 11) is 0. The highest BCUT2D eigenvalue weighted by atomic mass is 16.3. The molecule has 0 aliphatic rings. The van der Waals surface area contributed by atoms with Gasteiger partial charge in [0, 0.05) is 33.3 Å². The van der Waals surface area contributed by atoms with Crippen molar-refractivity contribution in [3.8, 4) is 11.4 Å². The molecule has 0 radical (unpaired) electrons. The molecule has 0 atom stereocenters. The van der Waals surface area contributed by atoms with E-state index in [0.717, 1.165) is 28.0 Å². The average Bonchev–Trinajstić information content (AvgIpc) is 3.69. The summed E-state index contributed by atoms with van der Waals surface area (Å²) >= 11 is 0. The van der Waals surface area contributed by atoms with Crippen LogP contribution in [0.15, 0.2) is 132 Å². The van der Waals surface area contributed by atoms with E-state index in [0.29, 0.717) is 0 Å². The van der Waals surface area contributed by atoms with E-state index in [9.17, 15) is 0 Å². The van der Waals surface area contributed by atoms with Crippen LogP contribution in [0.1, 0.15) is 0 Å². The zero-order valence-corrected chi connectivity index (χ0v) is 20.9. The van der Waals surface area contributed by atoms with E-state index < -0.39 is 0 Å². The molecule has 182 valence electrons. The van der Waals surface area contributed by atoms with E-state index in [1.165, 1.54) is 55.3 Å². The van der Waals surface area contributed by atoms with Gasteiger partial charge in [-0.05, 0) is 47.2 Å². The highest BCUT2D eigenvalue weighted by Crippen LogP contribution is 2.43. The van der Waals surface area contributed by atoms with Crippen molar-refractivity contribution in [3.63, 3.8) is 0 Å². The quantitative estimate of drug-likeness (QED) is 0.238. The molecule has 0 N–H and O–H groups in total. The standard InChI is InChI=1S/C35H21N3O/c1-2-9-23(10-3-1)37-31-19-14-22-8-4-5-11-25(22)33(31)28-17-16-27-26-12-6-7-13-30(26)38(34(27)35(28)37)24-15-18-29-32(20-24)39-21-36-29/h1-21H.